The minimum atomic E-state index is 0.217. The van der Waals surface area contributed by atoms with Crippen molar-refractivity contribution in [1.29, 1.82) is 0 Å². The van der Waals surface area contributed by atoms with Gasteiger partial charge in [0, 0.05) is 25.0 Å². The lowest BCUT2D eigenvalue weighted by Crippen LogP contribution is -2.42. The highest BCUT2D eigenvalue weighted by Gasteiger charge is 2.32. The molecule has 3 atom stereocenters. The highest BCUT2D eigenvalue weighted by Crippen LogP contribution is 2.29. The van der Waals surface area contributed by atoms with Gasteiger partial charge in [-0.05, 0) is 38.0 Å². The number of nitrogens with two attached hydrogens (primary N) is 1. The predicted molar refractivity (Wildman–Crippen MR) is 60.3 cm³/mol. The van der Waals surface area contributed by atoms with E-state index in [4.69, 9.17) is 5.73 Å². The standard InChI is InChI=1S/C12H22N2O/c1-9-4-5-10(8-11(9)13)12(15)14-6-2-3-7-14/h9-11H,2-8,13H2,1H3. The summed E-state index contributed by atoms with van der Waals surface area (Å²) in [6.07, 6.45) is 5.42. The van der Waals surface area contributed by atoms with Crippen LogP contribution in [-0.2, 0) is 4.79 Å². The van der Waals surface area contributed by atoms with Crippen LogP contribution in [0.25, 0.3) is 0 Å². The molecule has 2 rings (SSSR count). The molecular formula is C12H22N2O. The third kappa shape index (κ3) is 2.33. The van der Waals surface area contributed by atoms with E-state index in [2.05, 4.69) is 6.92 Å². The second-order valence-electron chi connectivity index (χ2n) is 5.18. The van der Waals surface area contributed by atoms with Crippen molar-refractivity contribution >= 4 is 5.91 Å². The van der Waals surface area contributed by atoms with Gasteiger partial charge in [0.1, 0.15) is 0 Å². The molecule has 15 heavy (non-hydrogen) atoms. The van der Waals surface area contributed by atoms with Crippen molar-refractivity contribution in [2.45, 2.75) is 45.1 Å². The lowest BCUT2D eigenvalue weighted by molar-refractivity contribution is -0.135. The molecule has 3 heteroatoms. The van der Waals surface area contributed by atoms with Crippen LogP contribution in [0.2, 0.25) is 0 Å². The van der Waals surface area contributed by atoms with Gasteiger partial charge in [-0.3, -0.25) is 4.79 Å². The first kappa shape index (κ1) is 10.9. The number of amides is 1. The Hall–Kier alpha value is -0.570. The van der Waals surface area contributed by atoms with E-state index >= 15 is 0 Å². The van der Waals surface area contributed by atoms with Gasteiger partial charge in [0.25, 0.3) is 0 Å². The van der Waals surface area contributed by atoms with Crippen molar-refractivity contribution in [2.75, 3.05) is 13.1 Å². The lowest BCUT2D eigenvalue weighted by atomic mass is 9.79. The minimum Gasteiger partial charge on any atom is -0.342 e. The second kappa shape index (κ2) is 4.52. The summed E-state index contributed by atoms with van der Waals surface area (Å²) in [5.74, 6) is 1.18. The molecule has 0 bridgehead atoms. The molecule has 86 valence electrons. The van der Waals surface area contributed by atoms with E-state index in [9.17, 15) is 4.79 Å². The fourth-order valence-corrected chi connectivity index (χ4v) is 2.78. The minimum absolute atomic E-state index is 0.217. The SMILES string of the molecule is CC1CCC(C(=O)N2CCCC2)CC1N. The van der Waals surface area contributed by atoms with Gasteiger partial charge in [-0.1, -0.05) is 6.92 Å². The number of carbonyl (C=O) groups excluding carboxylic acids is 1. The van der Waals surface area contributed by atoms with Gasteiger partial charge >= 0.3 is 0 Å². The summed E-state index contributed by atoms with van der Waals surface area (Å²) < 4.78 is 0. The normalized spacial score (nSPS) is 36.9. The van der Waals surface area contributed by atoms with Gasteiger partial charge in [-0.15, -0.1) is 0 Å². The third-order valence-electron chi connectivity index (χ3n) is 4.03. The number of rotatable bonds is 1. The number of hydrogen-bond acceptors (Lipinski definition) is 2. The Morgan fingerprint density at radius 3 is 2.53 bits per heavy atom. The highest BCUT2D eigenvalue weighted by molar-refractivity contribution is 5.79. The molecule has 3 unspecified atom stereocenters. The lowest BCUT2D eigenvalue weighted by Gasteiger charge is -2.33. The van der Waals surface area contributed by atoms with Crippen LogP contribution in [0.4, 0.5) is 0 Å². The summed E-state index contributed by atoms with van der Waals surface area (Å²) in [6.45, 7) is 4.14. The molecule has 1 saturated heterocycles. The summed E-state index contributed by atoms with van der Waals surface area (Å²) in [4.78, 5) is 14.2. The molecule has 2 fully saturated rings. The van der Waals surface area contributed by atoms with E-state index in [-0.39, 0.29) is 12.0 Å². The molecular weight excluding hydrogens is 188 g/mol. The molecule has 1 aliphatic carbocycles. The van der Waals surface area contributed by atoms with Crippen LogP contribution in [0.3, 0.4) is 0 Å². The van der Waals surface area contributed by atoms with E-state index < -0.39 is 0 Å². The molecule has 0 aromatic heterocycles. The molecule has 1 aliphatic heterocycles. The zero-order chi connectivity index (χ0) is 10.8. The van der Waals surface area contributed by atoms with Gasteiger partial charge < -0.3 is 10.6 Å². The van der Waals surface area contributed by atoms with E-state index in [0.29, 0.717) is 11.8 Å². The maximum atomic E-state index is 12.1. The Labute approximate surface area is 92.0 Å². The predicted octanol–water partition coefficient (Wildman–Crippen LogP) is 1.37. The average molecular weight is 210 g/mol. The number of nitrogens with zero attached hydrogens (tertiary/aromatic N) is 1. The average Bonchev–Trinajstić information content (AvgIpc) is 2.74. The Morgan fingerprint density at radius 1 is 1.27 bits per heavy atom. The fourth-order valence-electron chi connectivity index (χ4n) is 2.78. The van der Waals surface area contributed by atoms with Crippen molar-refractivity contribution in [3.63, 3.8) is 0 Å². The Kier molecular flexibility index (Phi) is 3.29. The molecule has 0 radical (unpaired) electrons. The van der Waals surface area contributed by atoms with Gasteiger partial charge in [0.05, 0.1) is 0 Å². The van der Waals surface area contributed by atoms with Crippen LogP contribution < -0.4 is 5.73 Å². The second-order valence-corrected chi connectivity index (χ2v) is 5.18. The van der Waals surface area contributed by atoms with Crippen molar-refractivity contribution < 1.29 is 4.79 Å². The van der Waals surface area contributed by atoms with Crippen LogP contribution in [-0.4, -0.2) is 29.9 Å². The quantitative estimate of drug-likeness (QED) is 0.710. The molecule has 1 heterocycles. The third-order valence-corrected chi connectivity index (χ3v) is 4.03. The zero-order valence-corrected chi connectivity index (χ0v) is 9.61. The number of carbonyl (C=O) groups is 1. The number of likely N-dealkylation sites (tertiary alicyclic amines) is 1. The van der Waals surface area contributed by atoms with Gasteiger partial charge in [-0.2, -0.15) is 0 Å². The highest BCUT2D eigenvalue weighted by atomic mass is 16.2. The molecule has 2 N–H and O–H groups in total. The molecule has 1 saturated carbocycles. The Morgan fingerprint density at radius 2 is 1.93 bits per heavy atom. The smallest absolute Gasteiger partial charge is 0.225 e. The van der Waals surface area contributed by atoms with Crippen molar-refractivity contribution in [1.82, 2.24) is 4.90 Å². The molecule has 1 amide bonds. The van der Waals surface area contributed by atoms with E-state index in [0.717, 1.165) is 32.4 Å². The maximum Gasteiger partial charge on any atom is 0.225 e. The molecule has 3 nitrogen and oxygen atoms in total. The topological polar surface area (TPSA) is 46.3 Å². The Balaban J connectivity index is 1.90. The fraction of sp³-hybridized carbons (Fsp3) is 0.917. The molecule has 2 aliphatic rings. The van der Waals surface area contributed by atoms with Crippen molar-refractivity contribution in [3.05, 3.63) is 0 Å². The summed E-state index contributed by atoms with van der Waals surface area (Å²) in [5.41, 5.74) is 6.03. The van der Waals surface area contributed by atoms with Crippen LogP contribution in [0.15, 0.2) is 0 Å². The number of hydrogen-bond donors (Lipinski definition) is 1. The maximum absolute atomic E-state index is 12.1. The van der Waals surface area contributed by atoms with E-state index in [1.807, 2.05) is 4.90 Å². The first-order chi connectivity index (χ1) is 7.18. The van der Waals surface area contributed by atoms with Crippen LogP contribution in [0, 0.1) is 11.8 Å². The van der Waals surface area contributed by atoms with Gasteiger partial charge in [0.2, 0.25) is 5.91 Å². The zero-order valence-electron chi connectivity index (χ0n) is 9.61. The first-order valence-corrected chi connectivity index (χ1v) is 6.23. The van der Waals surface area contributed by atoms with Crippen molar-refractivity contribution in [2.24, 2.45) is 17.6 Å². The molecule has 0 aromatic carbocycles. The molecule has 0 spiro atoms. The van der Waals surface area contributed by atoms with Crippen LogP contribution in [0.1, 0.15) is 39.0 Å². The van der Waals surface area contributed by atoms with Gasteiger partial charge in [-0.25, -0.2) is 0 Å². The van der Waals surface area contributed by atoms with Crippen LogP contribution in [0.5, 0.6) is 0 Å². The van der Waals surface area contributed by atoms with Crippen molar-refractivity contribution in [3.8, 4) is 0 Å². The van der Waals surface area contributed by atoms with E-state index in [1.54, 1.807) is 0 Å². The van der Waals surface area contributed by atoms with E-state index in [1.165, 1.54) is 12.8 Å². The monoisotopic (exact) mass is 210 g/mol. The van der Waals surface area contributed by atoms with Crippen LogP contribution >= 0.6 is 0 Å². The largest absolute Gasteiger partial charge is 0.342 e. The Bertz CT molecular complexity index is 236. The molecule has 0 aromatic rings. The first-order valence-electron chi connectivity index (χ1n) is 6.23. The summed E-state index contributed by atoms with van der Waals surface area (Å²) in [5, 5.41) is 0. The summed E-state index contributed by atoms with van der Waals surface area (Å²) in [7, 11) is 0. The van der Waals surface area contributed by atoms with Gasteiger partial charge in [0.15, 0.2) is 0 Å². The summed E-state index contributed by atoms with van der Waals surface area (Å²) in [6, 6.07) is 0.232. The summed E-state index contributed by atoms with van der Waals surface area (Å²) >= 11 is 0.